The number of hydrogen-bond acceptors (Lipinski definition) is 4. The van der Waals surface area contributed by atoms with Crippen molar-refractivity contribution in [2.45, 2.75) is 17.4 Å². The molecule has 1 spiro atoms. The average Bonchev–Trinajstić information content (AvgIpc) is 3.99. The molecule has 0 amide bonds. The lowest BCUT2D eigenvalue weighted by atomic mass is 9.72. The van der Waals surface area contributed by atoms with Crippen LogP contribution in [-0.2, 0) is 5.41 Å². The molecule has 0 saturated carbocycles. The topological polar surface area (TPSA) is 46.3 Å². The molecule has 2 aliphatic heterocycles. The van der Waals surface area contributed by atoms with Crippen LogP contribution in [0.25, 0.3) is 60.9 Å². The van der Waals surface area contributed by atoms with Crippen LogP contribution in [0.4, 0.5) is 11.4 Å². The molecule has 57 heavy (non-hydrogen) atoms. The fraction of sp³-hybridized carbons (Fsp3) is 0.0577. The largest absolute Gasteiger partial charge is 0.332 e. The van der Waals surface area contributed by atoms with Gasteiger partial charge in [0.25, 0.3) is 0 Å². The Bertz CT molecular complexity index is 3160. The molecule has 0 bridgehead atoms. The summed E-state index contributed by atoms with van der Waals surface area (Å²) < 4.78 is 2.48. The zero-order valence-electron chi connectivity index (χ0n) is 30.8. The first-order valence-corrected chi connectivity index (χ1v) is 19.7. The third-order valence-electron chi connectivity index (χ3n) is 13.0. The van der Waals surface area contributed by atoms with Crippen LogP contribution < -0.4 is 4.90 Å². The van der Waals surface area contributed by atoms with E-state index in [1.807, 2.05) is 24.8 Å². The summed E-state index contributed by atoms with van der Waals surface area (Å²) in [6.07, 6.45) is 12.0. The van der Waals surface area contributed by atoms with E-state index in [2.05, 4.69) is 183 Å². The first kappa shape index (κ1) is 30.9. The number of anilines is 2. The first-order valence-electron chi connectivity index (χ1n) is 19.7. The highest BCUT2D eigenvalue weighted by atomic mass is 15.2. The Balaban J connectivity index is 0.966. The number of aromatic nitrogens is 3. The molecule has 9 aromatic rings. The second-order valence-corrected chi connectivity index (χ2v) is 15.5. The smallest absolute Gasteiger partial charge is 0.0898 e. The van der Waals surface area contributed by atoms with Gasteiger partial charge in [-0.1, -0.05) is 109 Å². The first-order chi connectivity index (χ1) is 28.3. The van der Waals surface area contributed by atoms with Crippen molar-refractivity contribution in [2.24, 2.45) is 4.99 Å². The number of pyridine rings is 2. The number of aliphatic imine (C=N–C) groups is 1. The molecule has 0 saturated heterocycles. The van der Waals surface area contributed by atoms with Gasteiger partial charge in [0.15, 0.2) is 0 Å². The molecule has 0 N–H and O–H groups in total. The molecular weight excluding hydrogens is 695 g/mol. The van der Waals surface area contributed by atoms with Crippen LogP contribution in [-0.4, -0.2) is 26.8 Å². The molecule has 4 aliphatic rings. The summed E-state index contributed by atoms with van der Waals surface area (Å²) in [5.74, 6) is 0.224. The number of para-hydroxylation sites is 1. The molecule has 5 nitrogen and oxygen atoms in total. The number of rotatable bonds is 3. The number of fused-ring (bicyclic) bond motifs is 17. The molecule has 2 atom stereocenters. The SMILES string of the molecule is C1=CC2C(C=N1)c1ccncc1N2c1ccc(-c2ccc(-n3c4ccccc4c4ccc5c(c43)-c3cccnc3C53c4ccccc4-c4ccccc43)cc2)cc1. The summed E-state index contributed by atoms with van der Waals surface area (Å²) in [6.45, 7) is 0. The fourth-order valence-corrected chi connectivity index (χ4v) is 10.7. The molecule has 266 valence electrons. The van der Waals surface area contributed by atoms with Crippen LogP contribution in [0.1, 0.15) is 33.9 Å². The van der Waals surface area contributed by atoms with E-state index in [1.165, 1.54) is 77.4 Å². The van der Waals surface area contributed by atoms with Gasteiger partial charge < -0.3 is 9.47 Å². The summed E-state index contributed by atoms with van der Waals surface area (Å²) in [4.78, 5) is 16.6. The van der Waals surface area contributed by atoms with E-state index in [0.717, 1.165) is 22.8 Å². The van der Waals surface area contributed by atoms with Gasteiger partial charge in [-0.3, -0.25) is 15.0 Å². The predicted molar refractivity (Wildman–Crippen MR) is 231 cm³/mol. The summed E-state index contributed by atoms with van der Waals surface area (Å²) in [7, 11) is 0. The zero-order valence-corrected chi connectivity index (χ0v) is 30.8. The molecule has 2 unspecified atom stereocenters. The summed E-state index contributed by atoms with van der Waals surface area (Å²) >= 11 is 0. The minimum atomic E-state index is -0.500. The Labute approximate surface area is 329 Å². The van der Waals surface area contributed by atoms with Crippen molar-refractivity contribution < 1.29 is 0 Å². The van der Waals surface area contributed by atoms with Gasteiger partial charge in [0.2, 0.25) is 0 Å². The van der Waals surface area contributed by atoms with Gasteiger partial charge >= 0.3 is 0 Å². The van der Waals surface area contributed by atoms with E-state index in [4.69, 9.17) is 4.98 Å². The zero-order chi connectivity index (χ0) is 37.2. The lowest BCUT2D eigenvalue weighted by molar-refractivity contribution is 0.761. The molecule has 6 aromatic carbocycles. The lowest BCUT2D eigenvalue weighted by Crippen LogP contribution is -2.29. The maximum absolute atomic E-state index is 5.25. The second-order valence-electron chi connectivity index (χ2n) is 15.5. The maximum atomic E-state index is 5.25. The van der Waals surface area contributed by atoms with Crippen LogP contribution >= 0.6 is 0 Å². The monoisotopic (exact) mass is 727 g/mol. The lowest BCUT2D eigenvalue weighted by Gasteiger charge is -2.29. The van der Waals surface area contributed by atoms with Gasteiger partial charge in [0.1, 0.15) is 0 Å². The molecular formula is C52H33N5. The van der Waals surface area contributed by atoms with Crippen molar-refractivity contribution in [3.8, 4) is 39.1 Å². The Kier molecular flexibility index (Phi) is 6.15. The maximum Gasteiger partial charge on any atom is 0.0898 e. The molecule has 5 heteroatoms. The predicted octanol–water partition coefficient (Wildman–Crippen LogP) is 11.8. The highest BCUT2D eigenvalue weighted by molar-refractivity contribution is 6.16. The standard InChI is InChI=1S/C52H33N5/c1-4-12-43-36(8-1)37-9-2-5-13-44(37)52(43)45-24-23-40-38-10-3-6-14-46(38)57(50(40)49(45)41-11-7-27-55-51(41)52)35-21-17-33(18-22-35)32-15-19-34(20-16-32)56-47-26-29-53-30-42(47)39-25-28-54-31-48(39)56/h1-31,42,47H. The van der Waals surface area contributed by atoms with Gasteiger partial charge in [-0.25, -0.2) is 0 Å². The summed E-state index contributed by atoms with van der Waals surface area (Å²) in [5.41, 5.74) is 19.0. The Morgan fingerprint density at radius 1 is 0.561 bits per heavy atom. The van der Waals surface area contributed by atoms with Gasteiger partial charge in [0.05, 0.1) is 40.1 Å². The van der Waals surface area contributed by atoms with Crippen molar-refractivity contribution in [1.29, 1.82) is 0 Å². The van der Waals surface area contributed by atoms with Gasteiger partial charge in [0, 0.05) is 64.0 Å². The highest BCUT2D eigenvalue weighted by Crippen LogP contribution is 2.63. The van der Waals surface area contributed by atoms with E-state index in [0.29, 0.717) is 0 Å². The van der Waals surface area contributed by atoms with Crippen molar-refractivity contribution in [1.82, 2.24) is 14.5 Å². The van der Waals surface area contributed by atoms with E-state index >= 15 is 0 Å². The minimum absolute atomic E-state index is 0.190. The average molecular weight is 728 g/mol. The van der Waals surface area contributed by atoms with Crippen LogP contribution in [0.3, 0.4) is 0 Å². The van der Waals surface area contributed by atoms with Crippen molar-refractivity contribution >= 4 is 39.4 Å². The molecule has 0 fully saturated rings. The summed E-state index contributed by atoms with van der Waals surface area (Å²) in [5, 5.41) is 2.49. The van der Waals surface area contributed by atoms with E-state index < -0.39 is 5.41 Å². The van der Waals surface area contributed by atoms with Gasteiger partial charge in [-0.05, 0) is 93.0 Å². The van der Waals surface area contributed by atoms with Crippen LogP contribution in [0.5, 0.6) is 0 Å². The van der Waals surface area contributed by atoms with Gasteiger partial charge in [-0.2, -0.15) is 0 Å². The van der Waals surface area contributed by atoms with Crippen molar-refractivity contribution in [2.75, 3.05) is 4.90 Å². The third-order valence-corrected chi connectivity index (χ3v) is 13.0. The van der Waals surface area contributed by atoms with Crippen LogP contribution in [0.15, 0.2) is 188 Å². The van der Waals surface area contributed by atoms with Crippen LogP contribution in [0.2, 0.25) is 0 Å². The summed E-state index contributed by atoms with van der Waals surface area (Å²) in [6, 6.07) is 56.1. The molecule has 3 aromatic heterocycles. The van der Waals surface area contributed by atoms with E-state index in [1.54, 1.807) is 0 Å². The third kappa shape index (κ3) is 3.95. The highest BCUT2D eigenvalue weighted by Gasteiger charge is 2.53. The normalized spacial score (nSPS) is 17.4. The number of nitrogens with zero attached hydrogens (tertiary/aromatic N) is 5. The quantitative estimate of drug-likeness (QED) is 0.182. The molecule has 0 radical (unpaired) electrons. The minimum Gasteiger partial charge on any atom is -0.332 e. The van der Waals surface area contributed by atoms with E-state index in [9.17, 15) is 0 Å². The van der Waals surface area contributed by atoms with Crippen LogP contribution in [0, 0.1) is 0 Å². The Morgan fingerprint density at radius 3 is 2.05 bits per heavy atom. The van der Waals surface area contributed by atoms with Crippen molar-refractivity contribution in [3.63, 3.8) is 0 Å². The fourth-order valence-electron chi connectivity index (χ4n) is 10.7. The van der Waals surface area contributed by atoms with E-state index in [-0.39, 0.29) is 12.0 Å². The number of hydrogen-bond donors (Lipinski definition) is 0. The number of benzene rings is 6. The molecule has 2 aliphatic carbocycles. The van der Waals surface area contributed by atoms with Crippen molar-refractivity contribution in [3.05, 3.63) is 210 Å². The molecule has 5 heterocycles. The Hall–Kier alpha value is -7.37. The Morgan fingerprint density at radius 2 is 1.26 bits per heavy atom. The second kappa shape index (κ2) is 11.3. The van der Waals surface area contributed by atoms with Gasteiger partial charge in [-0.15, -0.1) is 0 Å². The molecule has 13 rings (SSSR count).